The summed E-state index contributed by atoms with van der Waals surface area (Å²) >= 11 is 0. The van der Waals surface area contributed by atoms with Gasteiger partial charge in [0.15, 0.2) is 0 Å². The summed E-state index contributed by atoms with van der Waals surface area (Å²) in [5, 5.41) is 2.74. The molecule has 0 aliphatic carbocycles. The lowest BCUT2D eigenvalue weighted by molar-refractivity contribution is 0.102. The molecule has 0 bridgehead atoms. The average molecular weight is 243 g/mol. The molecule has 0 unspecified atom stereocenters. The molecule has 2 aromatic carbocycles. The predicted molar refractivity (Wildman–Crippen MR) is 70.3 cm³/mol. The summed E-state index contributed by atoms with van der Waals surface area (Å²) in [4.78, 5) is 11.9. The highest BCUT2D eigenvalue weighted by atomic mass is 19.1. The largest absolute Gasteiger partial charge is 0.322 e. The van der Waals surface area contributed by atoms with Crippen LogP contribution in [0.15, 0.2) is 42.5 Å². The van der Waals surface area contributed by atoms with Crippen LogP contribution in [0.5, 0.6) is 0 Å². The molecule has 0 aliphatic heterocycles. The maximum absolute atomic E-state index is 13.4. The highest BCUT2D eigenvalue weighted by Gasteiger charge is 2.08. The molecule has 0 heterocycles. The predicted octanol–water partition coefficient (Wildman–Crippen LogP) is 3.69. The third-order valence-electron chi connectivity index (χ3n) is 2.71. The second kappa shape index (κ2) is 5.00. The molecule has 1 N–H and O–H groups in total. The second-order valence-electron chi connectivity index (χ2n) is 4.29. The topological polar surface area (TPSA) is 29.1 Å². The summed E-state index contributed by atoms with van der Waals surface area (Å²) in [6.45, 7) is 3.61. The first-order chi connectivity index (χ1) is 8.56. The van der Waals surface area contributed by atoms with Crippen molar-refractivity contribution in [1.29, 1.82) is 0 Å². The van der Waals surface area contributed by atoms with E-state index in [4.69, 9.17) is 0 Å². The Balaban J connectivity index is 2.19. The van der Waals surface area contributed by atoms with Gasteiger partial charge in [-0.05, 0) is 49.2 Å². The van der Waals surface area contributed by atoms with Gasteiger partial charge in [-0.2, -0.15) is 0 Å². The van der Waals surface area contributed by atoms with Gasteiger partial charge in [0, 0.05) is 11.3 Å². The Morgan fingerprint density at radius 3 is 2.56 bits per heavy atom. The van der Waals surface area contributed by atoms with Crippen LogP contribution in [-0.2, 0) is 0 Å². The number of carbonyl (C=O) groups excluding carboxylic acids is 1. The van der Waals surface area contributed by atoms with Crippen molar-refractivity contribution in [2.75, 3.05) is 5.32 Å². The fourth-order valence-corrected chi connectivity index (χ4v) is 1.66. The van der Waals surface area contributed by atoms with Gasteiger partial charge in [0.1, 0.15) is 5.82 Å². The lowest BCUT2D eigenvalue weighted by Gasteiger charge is -2.06. The number of amides is 1. The summed E-state index contributed by atoms with van der Waals surface area (Å²) in [6, 6.07) is 11.9. The zero-order chi connectivity index (χ0) is 13.1. The second-order valence-corrected chi connectivity index (χ2v) is 4.29. The van der Waals surface area contributed by atoms with E-state index in [1.807, 2.05) is 25.1 Å². The third kappa shape index (κ3) is 2.74. The minimum Gasteiger partial charge on any atom is -0.322 e. The van der Waals surface area contributed by atoms with E-state index in [-0.39, 0.29) is 11.7 Å². The molecule has 0 fully saturated rings. The standard InChI is InChI=1S/C15H14FNO/c1-10-4-3-5-13(8-10)17-15(18)12-7-6-11(2)14(16)9-12/h3-9H,1-2H3,(H,17,18). The molecule has 0 aromatic heterocycles. The van der Waals surface area contributed by atoms with Gasteiger partial charge in [0.05, 0.1) is 0 Å². The van der Waals surface area contributed by atoms with E-state index in [0.717, 1.165) is 5.56 Å². The molecule has 0 atom stereocenters. The Morgan fingerprint density at radius 2 is 1.89 bits per heavy atom. The number of benzene rings is 2. The van der Waals surface area contributed by atoms with Crippen LogP contribution in [0.3, 0.4) is 0 Å². The normalized spacial score (nSPS) is 10.2. The number of hydrogen-bond acceptors (Lipinski definition) is 1. The van der Waals surface area contributed by atoms with Crippen LogP contribution in [0.25, 0.3) is 0 Å². The highest BCUT2D eigenvalue weighted by molar-refractivity contribution is 6.04. The van der Waals surface area contributed by atoms with Gasteiger partial charge in [-0.15, -0.1) is 0 Å². The van der Waals surface area contributed by atoms with Crippen LogP contribution in [-0.4, -0.2) is 5.91 Å². The van der Waals surface area contributed by atoms with Gasteiger partial charge in [-0.25, -0.2) is 4.39 Å². The molecule has 0 spiro atoms. The van der Waals surface area contributed by atoms with E-state index >= 15 is 0 Å². The number of anilines is 1. The molecule has 0 radical (unpaired) electrons. The van der Waals surface area contributed by atoms with Crippen molar-refractivity contribution in [2.45, 2.75) is 13.8 Å². The first-order valence-corrected chi connectivity index (χ1v) is 5.70. The highest BCUT2D eigenvalue weighted by Crippen LogP contribution is 2.13. The molecule has 2 aromatic rings. The van der Waals surface area contributed by atoms with Crippen molar-refractivity contribution in [3.8, 4) is 0 Å². The van der Waals surface area contributed by atoms with Gasteiger partial charge in [-0.1, -0.05) is 18.2 Å². The Bertz CT molecular complexity index is 593. The number of rotatable bonds is 2. The van der Waals surface area contributed by atoms with E-state index in [1.54, 1.807) is 25.1 Å². The monoisotopic (exact) mass is 243 g/mol. The van der Waals surface area contributed by atoms with E-state index in [0.29, 0.717) is 16.8 Å². The summed E-state index contributed by atoms with van der Waals surface area (Å²) in [5.41, 5.74) is 2.62. The molecule has 1 amide bonds. The Morgan fingerprint density at radius 1 is 1.11 bits per heavy atom. The molecule has 3 heteroatoms. The fraction of sp³-hybridized carbons (Fsp3) is 0.133. The Hall–Kier alpha value is -2.16. The van der Waals surface area contributed by atoms with Crippen molar-refractivity contribution in [3.63, 3.8) is 0 Å². The van der Waals surface area contributed by atoms with Crippen LogP contribution in [0.1, 0.15) is 21.5 Å². The first-order valence-electron chi connectivity index (χ1n) is 5.70. The third-order valence-corrected chi connectivity index (χ3v) is 2.71. The van der Waals surface area contributed by atoms with Crippen LogP contribution in [0, 0.1) is 19.7 Å². The van der Waals surface area contributed by atoms with Gasteiger partial charge >= 0.3 is 0 Å². The van der Waals surface area contributed by atoms with Crippen molar-refractivity contribution < 1.29 is 9.18 Å². The molecule has 18 heavy (non-hydrogen) atoms. The lowest BCUT2D eigenvalue weighted by atomic mass is 10.1. The van der Waals surface area contributed by atoms with E-state index < -0.39 is 0 Å². The molecule has 92 valence electrons. The SMILES string of the molecule is Cc1cccc(NC(=O)c2ccc(C)c(F)c2)c1. The van der Waals surface area contributed by atoms with Gasteiger partial charge in [0.2, 0.25) is 0 Å². The fourth-order valence-electron chi connectivity index (χ4n) is 1.66. The van der Waals surface area contributed by atoms with Crippen LogP contribution < -0.4 is 5.32 Å². The van der Waals surface area contributed by atoms with Gasteiger partial charge in [0.25, 0.3) is 5.91 Å². The average Bonchev–Trinajstić information content (AvgIpc) is 2.32. The minimum atomic E-state index is -0.369. The Kier molecular flexibility index (Phi) is 3.42. The van der Waals surface area contributed by atoms with Crippen LogP contribution >= 0.6 is 0 Å². The smallest absolute Gasteiger partial charge is 0.255 e. The van der Waals surface area contributed by atoms with Gasteiger partial charge in [-0.3, -0.25) is 4.79 Å². The number of nitrogens with one attached hydrogen (secondary N) is 1. The van der Waals surface area contributed by atoms with E-state index in [1.165, 1.54) is 6.07 Å². The Labute approximate surface area is 105 Å². The zero-order valence-electron chi connectivity index (χ0n) is 10.3. The number of carbonyl (C=O) groups is 1. The first kappa shape index (κ1) is 12.3. The van der Waals surface area contributed by atoms with Crippen molar-refractivity contribution in [1.82, 2.24) is 0 Å². The number of halogens is 1. The summed E-state index contributed by atoms with van der Waals surface area (Å²) < 4.78 is 13.4. The maximum atomic E-state index is 13.4. The molecule has 0 saturated carbocycles. The minimum absolute atomic E-state index is 0.306. The van der Waals surface area contributed by atoms with Crippen LogP contribution in [0.2, 0.25) is 0 Å². The zero-order valence-corrected chi connectivity index (χ0v) is 10.3. The summed E-state index contributed by atoms with van der Waals surface area (Å²) in [7, 11) is 0. The van der Waals surface area contributed by atoms with Crippen molar-refractivity contribution in [2.24, 2.45) is 0 Å². The molecule has 2 nitrogen and oxygen atoms in total. The summed E-state index contributed by atoms with van der Waals surface area (Å²) in [5.74, 6) is -0.675. The quantitative estimate of drug-likeness (QED) is 0.856. The van der Waals surface area contributed by atoms with Crippen molar-refractivity contribution >= 4 is 11.6 Å². The molecule has 0 saturated heterocycles. The van der Waals surface area contributed by atoms with Crippen molar-refractivity contribution in [3.05, 3.63) is 65.0 Å². The lowest BCUT2D eigenvalue weighted by Crippen LogP contribution is -2.12. The van der Waals surface area contributed by atoms with E-state index in [2.05, 4.69) is 5.32 Å². The summed E-state index contributed by atoms with van der Waals surface area (Å²) in [6.07, 6.45) is 0. The van der Waals surface area contributed by atoms with Crippen LogP contribution in [0.4, 0.5) is 10.1 Å². The molecular weight excluding hydrogens is 229 g/mol. The molecular formula is C15H14FNO. The number of aryl methyl sites for hydroxylation is 2. The number of hydrogen-bond donors (Lipinski definition) is 1. The molecule has 0 aliphatic rings. The van der Waals surface area contributed by atoms with E-state index in [9.17, 15) is 9.18 Å². The molecule has 2 rings (SSSR count). The maximum Gasteiger partial charge on any atom is 0.255 e. The van der Waals surface area contributed by atoms with Gasteiger partial charge < -0.3 is 5.32 Å².